The topological polar surface area (TPSA) is 129 Å². The zero-order valence-corrected chi connectivity index (χ0v) is 31.3. The molecule has 52 heavy (non-hydrogen) atoms. The molecule has 0 saturated carbocycles. The minimum Gasteiger partial charge on any atom is -0.611 e. The summed E-state index contributed by atoms with van der Waals surface area (Å²) in [5.74, 6) is 1.00. The predicted octanol–water partition coefficient (Wildman–Crippen LogP) is 7.87. The molecule has 0 aliphatic carbocycles. The maximum Gasteiger partial charge on any atom is 0.305 e. The number of ether oxygens (including phenoxy) is 2. The minimum atomic E-state index is -1.26. The molecule has 0 unspecified atom stereocenters. The van der Waals surface area contributed by atoms with E-state index in [0.717, 1.165) is 72.1 Å². The van der Waals surface area contributed by atoms with Crippen LogP contribution in [-0.2, 0) is 37.8 Å². The summed E-state index contributed by atoms with van der Waals surface area (Å²) in [6.07, 6.45) is 8.07. The third-order valence-electron chi connectivity index (χ3n) is 9.02. The van der Waals surface area contributed by atoms with E-state index in [9.17, 15) is 19.2 Å². The molecule has 0 radical (unpaired) electrons. The van der Waals surface area contributed by atoms with Gasteiger partial charge in [-0.3, -0.25) is 9.59 Å². The lowest BCUT2D eigenvalue weighted by molar-refractivity contribution is -0.136. The van der Waals surface area contributed by atoms with Gasteiger partial charge in [-0.1, -0.05) is 38.5 Å². The largest absolute Gasteiger partial charge is 0.611 e. The van der Waals surface area contributed by atoms with Gasteiger partial charge in [0.1, 0.15) is 18.2 Å². The Kier molecular flexibility index (Phi) is 14.4. The highest BCUT2D eigenvalue weighted by Crippen LogP contribution is 2.33. The summed E-state index contributed by atoms with van der Waals surface area (Å²) >= 11 is -1.26. The lowest BCUT2D eigenvalue weighted by Gasteiger charge is -2.28. The van der Waals surface area contributed by atoms with Crippen LogP contribution in [0.4, 0.5) is 11.4 Å². The van der Waals surface area contributed by atoms with Crippen molar-refractivity contribution in [3.05, 3.63) is 95.6 Å². The number of aromatic nitrogens is 2. The molecule has 10 nitrogen and oxygen atoms in total. The molecule has 2 N–H and O–H groups in total. The Balaban J connectivity index is 1.31. The number of unbranched alkanes of at least 4 members (excludes halogenated alkanes) is 1. The normalized spacial score (nSPS) is 14.5. The van der Waals surface area contributed by atoms with Gasteiger partial charge in [-0.2, -0.15) is 0 Å². The van der Waals surface area contributed by atoms with Gasteiger partial charge in [0.15, 0.2) is 10.6 Å². The number of amides is 1. The van der Waals surface area contributed by atoms with Crippen molar-refractivity contribution >= 4 is 40.5 Å². The van der Waals surface area contributed by atoms with E-state index in [1.165, 1.54) is 0 Å². The standard InChI is InChI=1S/C41H50N4O6S/c1-4-6-23-50-24-25-51-37-14-9-31(10-15-37)32-11-18-39-34(26-32)27-33(8-7-21-44(39)22-19-40(46)47)41(48)43-35-12-16-38(17-13-35)52(49)29-36-28-42-30(3)45(36)20-5-2/h9-18,26-28H,4-8,19-25,29H2,1-3H3,(H,43,48)(H,46,47)/b33-27+/t52-/m0/s1. The number of anilines is 2. The Labute approximate surface area is 310 Å². The summed E-state index contributed by atoms with van der Waals surface area (Å²) in [6.45, 7) is 9.81. The molecule has 1 aromatic heterocycles. The maximum absolute atomic E-state index is 13.7. The van der Waals surface area contributed by atoms with Gasteiger partial charge < -0.3 is 33.9 Å². The zero-order chi connectivity index (χ0) is 36.9. The highest BCUT2D eigenvalue weighted by Gasteiger charge is 2.21. The van der Waals surface area contributed by atoms with Crippen LogP contribution in [0.5, 0.6) is 5.75 Å². The van der Waals surface area contributed by atoms with Gasteiger partial charge in [0.2, 0.25) is 0 Å². The van der Waals surface area contributed by atoms with E-state index >= 15 is 0 Å². The van der Waals surface area contributed by atoms with Crippen molar-refractivity contribution in [3.63, 3.8) is 0 Å². The quantitative estimate of drug-likeness (QED) is 0.0783. The Morgan fingerprint density at radius 1 is 0.962 bits per heavy atom. The highest BCUT2D eigenvalue weighted by atomic mass is 32.2. The summed E-state index contributed by atoms with van der Waals surface area (Å²) in [7, 11) is 0. The molecule has 4 aromatic rings. The van der Waals surface area contributed by atoms with Crippen LogP contribution >= 0.6 is 0 Å². The van der Waals surface area contributed by atoms with Crippen molar-refractivity contribution in [1.82, 2.24) is 9.55 Å². The maximum atomic E-state index is 13.7. The number of imidazole rings is 1. The molecule has 3 aromatic carbocycles. The van der Waals surface area contributed by atoms with Crippen molar-refractivity contribution in [2.45, 2.75) is 76.5 Å². The SMILES string of the molecule is CCCCOCCOc1ccc(-c2ccc3c(c2)/C=C(/C(=O)Nc2ccc([S@@+]([O-])Cc4cnc(C)n4CCC)cc2)CCCN3CCC(=O)O)cc1. The number of benzene rings is 3. The Bertz CT molecular complexity index is 1800. The number of rotatable bonds is 18. The van der Waals surface area contributed by atoms with Crippen LogP contribution < -0.4 is 15.0 Å². The van der Waals surface area contributed by atoms with Gasteiger partial charge in [0.05, 0.1) is 24.9 Å². The van der Waals surface area contributed by atoms with E-state index in [4.69, 9.17) is 9.47 Å². The van der Waals surface area contributed by atoms with Gasteiger partial charge in [0.25, 0.3) is 5.91 Å². The second kappa shape index (κ2) is 19.3. The average molecular weight is 727 g/mol. The molecule has 0 bridgehead atoms. The van der Waals surface area contributed by atoms with Crippen LogP contribution in [0.1, 0.15) is 69.5 Å². The fourth-order valence-electron chi connectivity index (χ4n) is 6.21. The van der Waals surface area contributed by atoms with Crippen LogP contribution in [0.2, 0.25) is 0 Å². The highest BCUT2D eigenvalue weighted by molar-refractivity contribution is 7.90. The van der Waals surface area contributed by atoms with Crippen LogP contribution in [0.15, 0.2) is 83.4 Å². The van der Waals surface area contributed by atoms with E-state index in [1.807, 2.05) is 49.4 Å². The molecule has 5 rings (SSSR count). The predicted molar refractivity (Wildman–Crippen MR) is 207 cm³/mol. The van der Waals surface area contributed by atoms with Crippen LogP contribution in [-0.4, -0.2) is 64.0 Å². The first-order chi connectivity index (χ1) is 25.2. The fraction of sp³-hybridized carbons (Fsp3) is 0.390. The molecule has 0 saturated heterocycles. The lowest BCUT2D eigenvalue weighted by atomic mass is 9.96. The summed E-state index contributed by atoms with van der Waals surface area (Å²) in [5.41, 5.74) is 5.90. The number of aryl methyl sites for hydroxylation is 1. The van der Waals surface area contributed by atoms with Gasteiger partial charge in [-0.05, 0) is 115 Å². The van der Waals surface area contributed by atoms with Crippen molar-refractivity contribution in [2.75, 3.05) is 43.1 Å². The number of hydrogen-bond acceptors (Lipinski definition) is 7. The number of aliphatic carboxylic acids is 1. The van der Waals surface area contributed by atoms with Crippen molar-refractivity contribution in [2.24, 2.45) is 0 Å². The molecule has 1 aliphatic rings. The number of nitrogens with one attached hydrogen (secondary N) is 1. The molecule has 0 spiro atoms. The van der Waals surface area contributed by atoms with E-state index < -0.39 is 17.1 Å². The van der Waals surface area contributed by atoms with Gasteiger partial charge in [0, 0.05) is 43.2 Å². The van der Waals surface area contributed by atoms with Crippen molar-refractivity contribution in [3.8, 4) is 16.9 Å². The second-order valence-electron chi connectivity index (χ2n) is 12.9. The van der Waals surface area contributed by atoms with Gasteiger partial charge in [-0.15, -0.1) is 0 Å². The average Bonchev–Trinajstić information content (AvgIpc) is 3.47. The first-order valence-electron chi connectivity index (χ1n) is 18.2. The molecule has 1 atom stereocenters. The van der Waals surface area contributed by atoms with Gasteiger partial charge >= 0.3 is 5.97 Å². The number of hydrogen-bond donors (Lipinski definition) is 2. The van der Waals surface area contributed by atoms with E-state index in [2.05, 4.69) is 39.7 Å². The number of carbonyl (C=O) groups excluding carboxylic acids is 1. The molecule has 1 amide bonds. The monoisotopic (exact) mass is 726 g/mol. The Hall–Kier alpha value is -4.58. The first-order valence-corrected chi connectivity index (χ1v) is 19.5. The molecule has 276 valence electrons. The lowest BCUT2D eigenvalue weighted by Crippen LogP contribution is -2.29. The number of carboxylic acids is 1. The fourth-order valence-corrected chi connectivity index (χ4v) is 7.31. The van der Waals surface area contributed by atoms with Crippen LogP contribution in [0, 0.1) is 6.92 Å². The van der Waals surface area contributed by atoms with Crippen LogP contribution in [0.25, 0.3) is 17.2 Å². The summed E-state index contributed by atoms with van der Waals surface area (Å²) in [5, 5.41) is 12.4. The number of nitrogens with zero attached hydrogens (tertiary/aromatic N) is 3. The molecule has 0 fully saturated rings. The van der Waals surface area contributed by atoms with Gasteiger partial charge in [-0.25, -0.2) is 4.98 Å². The number of carboxylic acid groups (broad SMARTS) is 1. The first kappa shape index (κ1) is 38.6. The smallest absolute Gasteiger partial charge is 0.305 e. The molecule has 1 aliphatic heterocycles. The van der Waals surface area contributed by atoms with E-state index in [0.29, 0.717) is 61.1 Å². The molecule has 11 heteroatoms. The number of fused-ring (bicyclic) bond motifs is 1. The molecular formula is C41H50N4O6S. The zero-order valence-electron chi connectivity index (χ0n) is 30.4. The van der Waals surface area contributed by atoms with Crippen molar-refractivity contribution in [1.29, 1.82) is 0 Å². The third kappa shape index (κ3) is 10.7. The number of carbonyl (C=O) groups is 2. The Morgan fingerprint density at radius 2 is 1.73 bits per heavy atom. The van der Waals surface area contributed by atoms with E-state index in [-0.39, 0.29) is 12.3 Å². The Morgan fingerprint density at radius 3 is 2.46 bits per heavy atom. The third-order valence-corrected chi connectivity index (χ3v) is 10.4. The van der Waals surface area contributed by atoms with E-state index in [1.54, 1.807) is 30.5 Å². The van der Waals surface area contributed by atoms with Crippen molar-refractivity contribution < 1.29 is 28.7 Å². The molecular weight excluding hydrogens is 677 g/mol. The summed E-state index contributed by atoms with van der Waals surface area (Å²) in [4.78, 5) is 32.3. The second-order valence-corrected chi connectivity index (χ2v) is 14.4. The minimum absolute atomic E-state index is 0.0200. The van der Waals surface area contributed by atoms with Crippen LogP contribution in [0.3, 0.4) is 0 Å². The summed E-state index contributed by atoms with van der Waals surface area (Å²) < 4.78 is 26.8. The summed E-state index contributed by atoms with van der Waals surface area (Å²) in [6, 6.07) is 21.2. The molecule has 2 heterocycles.